The number of aromatic nitrogens is 4. The van der Waals surface area contributed by atoms with Gasteiger partial charge in [0.2, 0.25) is 5.78 Å². The first-order valence-electron chi connectivity index (χ1n) is 3.83. The molecule has 0 saturated carbocycles. The van der Waals surface area contributed by atoms with Crippen molar-refractivity contribution in [2.24, 2.45) is 7.05 Å². The fourth-order valence-electron chi connectivity index (χ4n) is 1.18. The summed E-state index contributed by atoms with van der Waals surface area (Å²) in [7, 11) is 1.74. The zero-order valence-electron chi connectivity index (χ0n) is 7.52. The van der Waals surface area contributed by atoms with E-state index in [0.717, 1.165) is 0 Å². The summed E-state index contributed by atoms with van der Waals surface area (Å²) in [6.07, 6.45) is 0. The molecular weight excluding hydrogens is 208 g/mol. The second kappa shape index (κ2) is 2.71. The molecule has 0 aliphatic carbocycles. The number of carbonyl (C=O) groups is 1. The number of halogens is 1. The maximum atomic E-state index is 10.7. The number of imidazole rings is 1. The molecule has 2 heterocycles. The van der Waals surface area contributed by atoms with Gasteiger partial charge in [-0.3, -0.25) is 0 Å². The van der Waals surface area contributed by atoms with Crippen LogP contribution in [0.15, 0.2) is 0 Å². The van der Waals surface area contributed by atoms with Crippen molar-refractivity contribution in [3.8, 4) is 0 Å². The summed E-state index contributed by atoms with van der Waals surface area (Å²) in [4.78, 5) is 14.6. The summed E-state index contributed by atoms with van der Waals surface area (Å²) in [6, 6.07) is 0. The highest BCUT2D eigenvalue weighted by Gasteiger charge is 2.20. The van der Waals surface area contributed by atoms with E-state index in [9.17, 15) is 4.79 Å². The lowest BCUT2D eigenvalue weighted by molar-refractivity contribution is 0.0691. The first kappa shape index (κ1) is 9.01. The summed E-state index contributed by atoms with van der Waals surface area (Å²) in [5, 5.41) is 12.8. The lowest BCUT2D eigenvalue weighted by Gasteiger charge is -1.90. The minimum Gasteiger partial charge on any atom is -0.476 e. The molecule has 1 N–H and O–H groups in total. The van der Waals surface area contributed by atoms with E-state index in [1.165, 1.54) is 4.52 Å². The Morgan fingerprint density at radius 1 is 1.57 bits per heavy atom. The third-order valence-corrected chi connectivity index (χ3v) is 2.35. The van der Waals surface area contributed by atoms with Crippen molar-refractivity contribution in [1.82, 2.24) is 19.2 Å². The number of hydrogen-bond acceptors (Lipinski definition) is 3. The Balaban J connectivity index is 2.83. The molecule has 0 aromatic carbocycles. The molecule has 0 unspecified atom stereocenters. The maximum absolute atomic E-state index is 10.7. The van der Waals surface area contributed by atoms with E-state index in [0.29, 0.717) is 11.6 Å². The molecule has 0 radical (unpaired) electrons. The highest BCUT2D eigenvalue weighted by Crippen LogP contribution is 2.17. The van der Waals surface area contributed by atoms with E-state index in [-0.39, 0.29) is 10.8 Å². The van der Waals surface area contributed by atoms with Gasteiger partial charge in [0.05, 0.1) is 0 Å². The van der Waals surface area contributed by atoms with Crippen LogP contribution in [-0.2, 0) is 7.05 Å². The van der Waals surface area contributed by atoms with E-state index in [1.807, 2.05) is 0 Å². The van der Waals surface area contributed by atoms with E-state index >= 15 is 0 Å². The lowest BCUT2D eigenvalue weighted by Crippen LogP contribution is -1.99. The van der Waals surface area contributed by atoms with Crippen LogP contribution in [0.25, 0.3) is 5.78 Å². The van der Waals surface area contributed by atoms with Gasteiger partial charge in [-0.05, 0) is 6.92 Å². The van der Waals surface area contributed by atoms with Crippen LogP contribution in [0, 0.1) is 6.92 Å². The van der Waals surface area contributed by atoms with Crippen LogP contribution in [0.4, 0.5) is 0 Å². The minimum atomic E-state index is -1.15. The Morgan fingerprint density at radius 3 is 2.71 bits per heavy atom. The van der Waals surface area contributed by atoms with E-state index in [4.69, 9.17) is 16.7 Å². The molecule has 0 aliphatic heterocycles. The Labute approximate surface area is 83.7 Å². The molecule has 0 atom stereocenters. The molecular formula is C7H7ClN4O2. The molecule has 2 rings (SSSR count). The van der Waals surface area contributed by atoms with Crippen molar-refractivity contribution < 1.29 is 9.90 Å². The predicted molar refractivity (Wildman–Crippen MR) is 48.7 cm³/mol. The number of carboxylic acids is 1. The van der Waals surface area contributed by atoms with E-state index in [2.05, 4.69) is 10.1 Å². The van der Waals surface area contributed by atoms with Crippen LogP contribution in [0.5, 0.6) is 0 Å². The standard InChI is InChI=1S/C7H7ClN4O2/c1-3-10-12-5(8)4(6(13)14)9-7(12)11(3)2/h1-2H3,(H,13,14). The first-order chi connectivity index (χ1) is 6.52. The molecule has 14 heavy (non-hydrogen) atoms. The average Bonchev–Trinajstić information content (AvgIpc) is 2.56. The van der Waals surface area contributed by atoms with Crippen LogP contribution in [-0.4, -0.2) is 30.2 Å². The number of nitrogens with zero attached hydrogens (tertiary/aromatic N) is 4. The predicted octanol–water partition coefficient (Wildman–Crippen LogP) is 0.728. The number of carboxylic acid groups (broad SMARTS) is 1. The van der Waals surface area contributed by atoms with Gasteiger partial charge in [-0.25, -0.2) is 9.78 Å². The lowest BCUT2D eigenvalue weighted by atomic mass is 10.5. The molecule has 0 aliphatic rings. The third kappa shape index (κ3) is 1.00. The third-order valence-electron chi connectivity index (χ3n) is 2.02. The Morgan fingerprint density at radius 2 is 2.21 bits per heavy atom. The normalized spacial score (nSPS) is 11.1. The quantitative estimate of drug-likeness (QED) is 0.760. The maximum Gasteiger partial charge on any atom is 0.357 e. The van der Waals surface area contributed by atoms with Crippen molar-refractivity contribution in [2.45, 2.75) is 6.92 Å². The van der Waals surface area contributed by atoms with Gasteiger partial charge in [-0.2, -0.15) is 9.61 Å². The monoisotopic (exact) mass is 214 g/mol. The second-order valence-electron chi connectivity index (χ2n) is 2.87. The fraction of sp³-hybridized carbons (Fsp3) is 0.286. The zero-order valence-corrected chi connectivity index (χ0v) is 8.28. The smallest absolute Gasteiger partial charge is 0.357 e. The molecule has 2 aromatic heterocycles. The molecule has 6 nitrogen and oxygen atoms in total. The Bertz CT molecular complexity index is 527. The van der Waals surface area contributed by atoms with Crippen LogP contribution in [0.3, 0.4) is 0 Å². The van der Waals surface area contributed by atoms with Crippen molar-refractivity contribution in [3.05, 3.63) is 16.7 Å². The molecule has 74 valence electrons. The van der Waals surface area contributed by atoms with Gasteiger partial charge in [0.1, 0.15) is 5.82 Å². The van der Waals surface area contributed by atoms with Gasteiger partial charge in [0, 0.05) is 7.05 Å². The molecule has 0 bridgehead atoms. The van der Waals surface area contributed by atoms with Gasteiger partial charge < -0.3 is 9.67 Å². The summed E-state index contributed by atoms with van der Waals surface area (Å²) < 4.78 is 2.97. The number of rotatable bonds is 1. The number of aromatic carboxylic acids is 1. The number of fused-ring (bicyclic) bond motifs is 1. The molecule has 7 heteroatoms. The summed E-state index contributed by atoms with van der Waals surface area (Å²) in [6.45, 7) is 1.78. The Kier molecular flexibility index (Phi) is 1.75. The van der Waals surface area contributed by atoms with Crippen molar-refractivity contribution >= 4 is 23.3 Å². The largest absolute Gasteiger partial charge is 0.476 e. The topological polar surface area (TPSA) is 72.4 Å². The highest BCUT2D eigenvalue weighted by atomic mass is 35.5. The summed E-state index contributed by atoms with van der Waals surface area (Å²) in [5.41, 5.74) is -0.176. The number of hydrogen-bond donors (Lipinski definition) is 1. The second-order valence-corrected chi connectivity index (χ2v) is 3.23. The summed E-state index contributed by atoms with van der Waals surface area (Å²) in [5.74, 6) is -0.0191. The van der Waals surface area contributed by atoms with E-state index in [1.54, 1.807) is 18.5 Å². The van der Waals surface area contributed by atoms with Gasteiger partial charge in [0.15, 0.2) is 10.8 Å². The molecule has 2 aromatic rings. The van der Waals surface area contributed by atoms with Gasteiger partial charge in [0.25, 0.3) is 0 Å². The van der Waals surface area contributed by atoms with Crippen LogP contribution >= 0.6 is 11.6 Å². The SMILES string of the molecule is Cc1nn2c(Cl)c(C(=O)O)nc2n1C. The average molecular weight is 215 g/mol. The molecule has 0 spiro atoms. The van der Waals surface area contributed by atoms with Crippen molar-refractivity contribution in [2.75, 3.05) is 0 Å². The van der Waals surface area contributed by atoms with Crippen LogP contribution < -0.4 is 0 Å². The van der Waals surface area contributed by atoms with Crippen LogP contribution in [0.2, 0.25) is 5.15 Å². The van der Waals surface area contributed by atoms with Gasteiger partial charge in [-0.1, -0.05) is 11.6 Å². The van der Waals surface area contributed by atoms with Crippen molar-refractivity contribution in [1.29, 1.82) is 0 Å². The Hall–Kier alpha value is -1.56. The van der Waals surface area contributed by atoms with Crippen LogP contribution in [0.1, 0.15) is 16.3 Å². The fourth-order valence-corrected chi connectivity index (χ4v) is 1.42. The zero-order chi connectivity index (χ0) is 10.5. The van der Waals surface area contributed by atoms with E-state index < -0.39 is 5.97 Å². The summed E-state index contributed by atoms with van der Waals surface area (Å²) >= 11 is 5.78. The van der Waals surface area contributed by atoms with Crippen molar-refractivity contribution in [3.63, 3.8) is 0 Å². The molecule has 0 saturated heterocycles. The van der Waals surface area contributed by atoms with Gasteiger partial charge in [-0.15, -0.1) is 0 Å². The highest BCUT2D eigenvalue weighted by molar-refractivity contribution is 6.32. The number of aryl methyl sites for hydroxylation is 2. The molecule has 0 amide bonds. The first-order valence-corrected chi connectivity index (χ1v) is 4.21. The molecule has 0 fully saturated rings. The minimum absolute atomic E-state index is 0.0243. The van der Waals surface area contributed by atoms with Gasteiger partial charge >= 0.3 is 5.97 Å².